The van der Waals surface area contributed by atoms with E-state index in [1.54, 1.807) is 0 Å². The topological polar surface area (TPSA) is 82.1 Å². The van der Waals surface area contributed by atoms with Crippen LogP contribution in [0.15, 0.2) is 0 Å². The van der Waals surface area contributed by atoms with Crippen LogP contribution < -0.4 is 10.6 Å². The van der Waals surface area contributed by atoms with Gasteiger partial charge in [-0.25, -0.2) is 0 Å². The largest absolute Gasteiger partial charge is 0.384 e. The smallest absolute Gasteiger partial charge is 0.162 e. The summed E-state index contributed by atoms with van der Waals surface area (Å²) in [7, 11) is 4.09. The van der Waals surface area contributed by atoms with Crippen molar-refractivity contribution in [3.05, 3.63) is 16.8 Å². The molecule has 1 rings (SSSR count). The Labute approximate surface area is 121 Å². The lowest BCUT2D eigenvalue weighted by Gasteiger charge is -2.32. The molecule has 0 aliphatic carbocycles. The maximum atomic E-state index is 7.84. The minimum absolute atomic E-state index is 0.0472. The number of nitrogens with one attached hydrogen (secondary N) is 1. The van der Waals surface area contributed by atoms with Crippen molar-refractivity contribution >= 4 is 11.7 Å². The Balaban J connectivity index is 3.28. The number of amidine groups is 1. The second-order valence-corrected chi connectivity index (χ2v) is 5.42. The van der Waals surface area contributed by atoms with Crippen LogP contribution in [-0.2, 0) is 0 Å². The highest BCUT2D eigenvalue weighted by Crippen LogP contribution is 2.23. The van der Waals surface area contributed by atoms with Crippen molar-refractivity contribution in [2.24, 2.45) is 5.73 Å². The Morgan fingerprint density at radius 3 is 2.35 bits per heavy atom. The quantitative estimate of drug-likeness (QED) is 0.602. The zero-order chi connectivity index (χ0) is 15.4. The molecule has 1 atom stereocenters. The number of nitrogen functional groups attached to an aromatic ring is 1. The molecule has 0 saturated carbocycles. The second kappa shape index (κ2) is 6.65. The third-order valence-corrected chi connectivity index (χ3v) is 3.48. The SMILES string of the molecule is CCN(c1nnc(C)c(C)c1C(=N)N)C(C)CN(C)C. The third-order valence-electron chi connectivity index (χ3n) is 3.48. The van der Waals surface area contributed by atoms with Crippen LogP contribution in [0.25, 0.3) is 0 Å². The Morgan fingerprint density at radius 1 is 1.30 bits per heavy atom. The first kappa shape index (κ1) is 16.4. The van der Waals surface area contributed by atoms with Crippen molar-refractivity contribution in [3.8, 4) is 0 Å². The summed E-state index contributed by atoms with van der Waals surface area (Å²) in [5.41, 5.74) is 8.20. The first-order valence-electron chi connectivity index (χ1n) is 6.89. The Hall–Kier alpha value is -1.69. The Morgan fingerprint density at radius 2 is 1.90 bits per heavy atom. The van der Waals surface area contributed by atoms with Crippen LogP contribution in [0.5, 0.6) is 0 Å². The molecule has 0 aromatic carbocycles. The monoisotopic (exact) mass is 278 g/mol. The fourth-order valence-corrected chi connectivity index (χ4v) is 2.42. The van der Waals surface area contributed by atoms with Gasteiger partial charge in [0, 0.05) is 19.1 Å². The first-order chi connectivity index (χ1) is 9.29. The van der Waals surface area contributed by atoms with E-state index in [9.17, 15) is 0 Å². The average Bonchev–Trinajstić information content (AvgIpc) is 2.33. The van der Waals surface area contributed by atoms with Crippen molar-refractivity contribution in [1.29, 1.82) is 5.41 Å². The number of hydrogen-bond donors (Lipinski definition) is 2. The molecule has 6 heteroatoms. The molecule has 0 fully saturated rings. The average molecular weight is 278 g/mol. The number of aryl methyl sites for hydroxylation is 1. The van der Waals surface area contributed by atoms with Gasteiger partial charge in [0.15, 0.2) is 5.82 Å². The lowest BCUT2D eigenvalue weighted by Crippen LogP contribution is -2.42. The van der Waals surface area contributed by atoms with Gasteiger partial charge in [0.1, 0.15) is 5.84 Å². The van der Waals surface area contributed by atoms with E-state index in [2.05, 4.69) is 33.8 Å². The maximum Gasteiger partial charge on any atom is 0.162 e. The zero-order valence-corrected chi connectivity index (χ0v) is 13.4. The molecule has 0 bridgehead atoms. The maximum absolute atomic E-state index is 7.84. The number of likely N-dealkylation sites (N-methyl/N-ethyl adjacent to an activating group) is 2. The molecule has 0 radical (unpaired) electrons. The summed E-state index contributed by atoms with van der Waals surface area (Å²) in [6.45, 7) is 9.75. The molecule has 1 heterocycles. The highest BCUT2D eigenvalue weighted by Gasteiger charge is 2.22. The molecule has 1 aromatic rings. The van der Waals surface area contributed by atoms with Gasteiger partial charge in [-0.2, -0.15) is 5.10 Å². The van der Waals surface area contributed by atoms with Crippen molar-refractivity contribution < 1.29 is 0 Å². The molecule has 0 spiro atoms. The van der Waals surface area contributed by atoms with Crippen LogP contribution in [0.1, 0.15) is 30.7 Å². The van der Waals surface area contributed by atoms with Crippen LogP contribution in [-0.4, -0.2) is 54.2 Å². The predicted molar refractivity (Wildman–Crippen MR) is 83.6 cm³/mol. The van der Waals surface area contributed by atoms with Gasteiger partial charge in [-0.3, -0.25) is 5.41 Å². The van der Waals surface area contributed by atoms with Crippen molar-refractivity contribution in [2.45, 2.75) is 33.7 Å². The molecule has 20 heavy (non-hydrogen) atoms. The summed E-state index contributed by atoms with van der Waals surface area (Å²) >= 11 is 0. The standard InChI is InChI=1S/C14H26N6/c1-7-20(9(2)8-19(5)6)14-12(13(15)16)10(3)11(4)17-18-14/h9H,7-8H2,1-6H3,(H3,15,16). The number of nitrogens with zero attached hydrogens (tertiary/aromatic N) is 4. The molecular formula is C14H26N6. The molecule has 0 amide bonds. The fourth-order valence-electron chi connectivity index (χ4n) is 2.42. The van der Waals surface area contributed by atoms with Gasteiger partial charge in [0.05, 0.1) is 11.3 Å². The Bertz CT molecular complexity index is 483. The number of aromatic nitrogens is 2. The number of anilines is 1. The Kier molecular flexibility index (Phi) is 5.44. The number of rotatable bonds is 6. The van der Waals surface area contributed by atoms with E-state index in [4.69, 9.17) is 11.1 Å². The zero-order valence-electron chi connectivity index (χ0n) is 13.4. The van der Waals surface area contributed by atoms with E-state index in [-0.39, 0.29) is 11.9 Å². The fraction of sp³-hybridized carbons (Fsp3) is 0.643. The van der Waals surface area contributed by atoms with E-state index < -0.39 is 0 Å². The minimum atomic E-state index is 0.0472. The molecule has 0 saturated heterocycles. The predicted octanol–water partition coefficient (Wildman–Crippen LogP) is 1.15. The van der Waals surface area contributed by atoms with Gasteiger partial charge in [0.2, 0.25) is 0 Å². The van der Waals surface area contributed by atoms with Crippen LogP contribution in [0.3, 0.4) is 0 Å². The molecule has 1 aromatic heterocycles. The van der Waals surface area contributed by atoms with Gasteiger partial charge in [-0.15, -0.1) is 5.10 Å². The minimum Gasteiger partial charge on any atom is -0.384 e. The summed E-state index contributed by atoms with van der Waals surface area (Å²) in [6, 6.07) is 0.268. The second-order valence-electron chi connectivity index (χ2n) is 5.42. The first-order valence-corrected chi connectivity index (χ1v) is 6.89. The summed E-state index contributed by atoms with van der Waals surface area (Å²) in [5.74, 6) is 0.753. The lowest BCUT2D eigenvalue weighted by molar-refractivity contribution is 0.372. The highest BCUT2D eigenvalue weighted by molar-refractivity contribution is 6.01. The van der Waals surface area contributed by atoms with Gasteiger partial charge in [-0.1, -0.05) is 0 Å². The van der Waals surface area contributed by atoms with Crippen molar-refractivity contribution in [2.75, 3.05) is 32.1 Å². The van der Waals surface area contributed by atoms with Crippen molar-refractivity contribution in [1.82, 2.24) is 15.1 Å². The van der Waals surface area contributed by atoms with Gasteiger partial charge >= 0.3 is 0 Å². The molecule has 6 nitrogen and oxygen atoms in total. The number of nitrogens with two attached hydrogens (primary N) is 1. The number of hydrogen-bond acceptors (Lipinski definition) is 5. The summed E-state index contributed by atoms with van der Waals surface area (Å²) in [6.07, 6.45) is 0. The van der Waals surface area contributed by atoms with Crippen LogP contribution in [0, 0.1) is 19.3 Å². The van der Waals surface area contributed by atoms with Gasteiger partial charge in [-0.05, 0) is 47.4 Å². The summed E-state index contributed by atoms with van der Waals surface area (Å²) in [5, 5.41) is 16.3. The highest BCUT2D eigenvalue weighted by atomic mass is 15.3. The van der Waals surface area contributed by atoms with Crippen LogP contribution >= 0.6 is 0 Å². The lowest BCUT2D eigenvalue weighted by atomic mass is 10.1. The summed E-state index contributed by atoms with van der Waals surface area (Å²) in [4.78, 5) is 4.28. The van der Waals surface area contributed by atoms with E-state index in [0.29, 0.717) is 11.4 Å². The molecular weight excluding hydrogens is 252 g/mol. The molecule has 0 aliphatic heterocycles. The van der Waals surface area contributed by atoms with Crippen molar-refractivity contribution in [3.63, 3.8) is 0 Å². The normalized spacial score (nSPS) is 12.6. The van der Waals surface area contributed by atoms with Gasteiger partial charge < -0.3 is 15.5 Å². The van der Waals surface area contributed by atoms with E-state index in [1.807, 2.05) is 27.9 Å². The molecule has 0 aliphatic rings. The van der Waals surface area contributed by atoms with Crippen LogP contribution in [0.4, 0.5) is 5.82 Å². The van der Waals surface area contributed by atoms with Crippen LogP contribution in [0.2, 0.25) is 0 Å². The van der Waals surface area contributed by atoms with E-state index in [1.165, 1.54) is 0 Å². The third kappa shape index (κ3) is 3.45. The molecule has 1 unspecified atom stereocenters. The van der Waals surface area contributed by atoms with Gasteiger partial charge in [0.25, 0.3) is 0 Å². The molecule has 3 N–H and O–H groups in total. The molecule has 112 valence electrons. The van der Waals surface area contributed by atoms with E-state index in [0.717, 1.165) is 24.3 Å². The summed E-state index contributed by atoms with van der Waals surface area (Å²) < 4.78 is 0. The van der Waals surface area contributed by atoms with E-state index >= 15 is 0 Å².